The van der Waals surface area contributed by atoms with Crippen LogP contribution in [0.4, 0.5) is 4.39 Å². The highest BCUT2D eigenvalue weighted by atomic mass is 32.2. The lowest BCUT2D eigenvalue weighted by atomic mass is 10.2. The summed E-state index contributed by atoms with van der Waals surface area (Å²) in [6, 6.07) is 12.0. The smallest absolute Gasteiger partial charge is 0.240 e. The minimum atomic E-state index is -3.79. The highest BCUT2D eigenvalue weighted by molar-refractivity contribution is 7.89. The Labute approximate surface area is 186 Å². The number of benzene rings is 2. The fourth-order valence-corrected chi connectivity index (χ4v) is 4.04. The Hall–Kier alpha value is -3.11. The maximum atomic E-state index is 13.3. The number of sulfonamides is 1. The SMILES string of the molecule is CCc1noc(CCCC(=O)NCc2cccc(S(=O)(=O)NCc3cccc(F)c3)c2)n1. The maximum Gasteiger partial charge on any atom is 0.240 e. The molecular formula is C22H25FN4O4S. The molecule has 0 fully saturated rings. The van der Waals surface area contributed by atoms with Crippen molar-refractivity contribution in [1.82, 2.24) is 20.2 Å². The molecule has 1 amide bonds. The predicted octanol–water partition coefficient (Wildman–Crippen LogP) is 2.89. The molecule has 3 rings (SSSR count). The second kappa shape index (κ2) is 11.0. The number of halogens is 1. The van der Waals surface area contributed by atoms with Gasteiger partial charge in [-0.05, 0) is 41.8 Å². The van der Waals surface area contributed by atoms with Crippen LogP contribution in [0, 0.1) is 5.82 Å². The normalized spacial score (nSPS) is 11.4. The van der Waals surface area contributed by atoms with Crippen LogP contribution in [0.15, 0.2) is 57.9 Å². The average molecular weight is 461 g/mol. The van der Waals surface area contributed by atoms with Gasteiger partial charge in [-0.15, -0.1) is 0 Å². The summed E-state index contributed by atoms with van der Waals surface area (Å²) in [6.07, 6.45) is 2.07. The van der Waals surface area contributed by atoms with Gasteiger partial charge in [0.15, 0.2) is 5.82 Å². The molecule has 0 bridgehead atoms. The van der Waals surface area contributed by atoms with Crippen LogP contribution in [0.3, 0.4) is 0 Å². The van der Waals surface area contributed by atoms with Crippen molar-refractivity contribution < 1.29 is 22.1 Å². The molecular weight excluding hydrogens is 435 g/mol. The number of hydrogen-bond donors (Lipinski definition) is 2. The summed E-state index contributed by atoms with van der Waals surface area (Å²) in [5.41, 5.74) is 1.17. The van der Waals surface area contributed by atoms with Gasteiger partial charge in [0.25, 0.3) is 0 Å². The zero-order chi connectivity index (χ0) is 23.0. The van der Waals surface area contributed by atoms with Gasteiger partial charge in [0.05, 0.1) is 4.90 Å². The molecule has 10 heteroatoms. The number of amides is 1. The van der Waals surface area contributed by atoms with Crippen molar-refractivity contribution in [3.8, 4) is 0 Å². The summed E-state index contributed by atoms with van der Waals surface area (Å²) >= 11 is 0. The van der Waals surface area contributed by atoms with E-state index in [9.17, 15) is 17.6 Å². The molecule has 0 atom stereocenters. The fourth-order valence-electron chi connectivity index (χ4n) is 2.96. The molecule has 0 aliphatic rings. The largest absolute Gasteiger partial charge is 0.352 e. The minimum Gasteiger partial charge on any atom is -0.352 e. The third-order valence-electron chi connectivity index (χ3n) is 4.67. The number of nitrogens with one attached hydrogen (secondary N) is 2. The Balaban J connectivity index is 1.48. The Kier molecular flexibility index (Phi) is 8.07. The molecule has 1 aromatic heterocycles. The fraction of sp³-hybridized carbons (Fsp3) is 0.318. The topological polar surface area (TPSA) is 114 Å². The zero-order valence-electron chi connectivity index (χ0n) is 17.7. The van der Waals surface area contributed by atoms with Gasteiger partial charge in [0.1, 0.15) is 5.82 Å². The van der Waals surface area contributed by atoms with E-state index in [1.165, 1.54) is 30.3 Å². The number of rotatable bonds is 11. The van der Waals surface area contributed by atoms with Crippen molar-refractivity contribution in [2.45, 2.75) is 50.6 Å². The number of carbonyl (C=O) groups is 1. The van der Waals surface area contributed by atoms with Crippen LogP contribution in [0.1, 0.15) is 42.6 Å². The van der Waals surface area contributed by atoms with Gasteiger partial charge in [-0.3, -0.25) is 4.79 Å². The van der Waals surface area contributed by atoms with E-state index in [4.69, 9.17) is 4.52 Å². The minimum absolute atomic E-state index is 0.0269. The molecule has 3 aromatic rings. The third kappa shape index (κ3) is 6.96. The van der Waals surface area contributed by atoms with E-state index in [2.05, 4.69) is 20.2 Å². The van der Waals surface area contributed by atoms with E-state index in [-0.39, 0.29) is 30.3 Å². The van der Waals surface area contributed by atoms with E-state index in [1.54, 1.807) is 18.2 Å². The second-order valence-electron chi connectivity index (χ2n) is 7.19. The van der Waals surface area contributed by atoms with Crippen LogP contribution in [0.5, 0.6) is 0 Å². The number of hydrogen-bond acceptors (Lipinski definition) is 6. The summed E-state index contributed by atoms with van der Waals surface area (Å²) in [5.74, 6) is 0.572. The lowest BCUT2D eigenvalue weighted by molar-refractivity contribution is -0.121. The van der Waals surface area contributed by atoms with E-state index in [1.807, 2.05) is 6.92 Å². The van der Waals surface area contributed by atoms with Crippen LogP contribution in [0.25, 0.3) is 0 Å². The molecule has 2 N–H and O–H groups in total. The molecule has 8 nitrogen and oxygen atoms in total. The molecule has 0 radical (unpaired) electrons. The van der Waals surface area contributed by atoms with Crippen molar-refractivity contribution in [3.63, 3.8) is 0 Å². The van der Waals surface area contributed by atoms with Gasteiger partial charge in [-0.1, -0.05) is 36.3 Å². The Bertz CT molecular complexity index is 1160. The van der Waals surface area contributed by atoms with Crippen LogP contribution in [0.2, 0.25) is 0 Å². The van der Waals surface area contributed by atoms with Crippen molar-refractivity contribution in [2.24, 2.45) is 0 Å². The quantitative estimate of drug-likeness (QED) is 0.455. The van der Waals surface area contributed by atoms with Gasteiger partial charge < -0.3 is 9.84 Å². The lowest BCUT2D eigenvalue weighted by Gasteiger charge is -2.10. The maximum absolute atomic E-state index is 13.3. The van der Waals surface area contributed by atoms with Gasteiger partial charge in [0.2, 0.25) is 21.8 Å². The molecule has 0 unspecified atom stereocenters. The average Bonchev–Trinajstić information content (AvgIpc) is 3.25. The van der Waals surface area contributed by atoms with Gasteiger partial charge >= 0.3 is 0 Å². The summed E-state index contributed by atoms with van der Waals surface area (Å²) < 4.78 is 46.0. The summed E-state index contributed by atoms with van der Waals surface area (Å²) in [4.78, 5) is 16.4. The lowest BCUT2D eigenvalue weighted by Crippen LogP contribution is -2.24. The van der Waals surface area contributed by atoms with Crippen LogP contribution in [-0.4, -0.2) is 24.5 Å². The molecule has 0 aliphatic heterocycles. The predicted molar refractivity (Wildman–Crippen MR) is 115 cm³/mol. The molecule has 0 spiro atoms. The zero-order valence-corrected chi connectivity index (χ0v) is 18.5. The van der Waals surface area contributed by atoms with Crippen molar-refractivity contribution in [3.05, 3.63) is 77.2 Å². The molecule has 0 saturated carbocycles. The molecule has 2 aromatic carbocycles. The van der Waals surface area contributed by atoms with E-state index in [0.717, 1.165) is 0 Å². The third-order valence-corrected chi connectivity index (χ3v) is 6.07. The van der Waals surface area contributed by atoms with Crippen molar-refractivity contribution in [1.29, 1.82) is 0 Å². The van der Waals surface area contributed by atoms with E-state index < -0.39 is 15.8 Å². The first-order valence-corrected chi connectivity index (χ1v) is 11.8. The monoisotopic (exact) mass is 460 g/mol. The molecule has 0 saturated heterocycles. The van der Waals surface area contributed by atoms with Crippen molar-refractivity contribution >= 4 is 15.9 Å². The molecule has 0 aliphatic carbocycles. The van der Waals surface area contributed by atoms with Gasteiger partial charge in [0, 0.05) is 32.4 Å². The second-order valence-corrected chi connectivity index (χ2v) is 8.96. The Morgan fingerprint density at radius 3 is 2.56 bits per heavy atom. The highest BCUT2D eigenvalue weighted by Crippen LogP contribution is 2.13. The number of aryl methyl sites for hydroxylation is 2. The summed E-state index contributed by atoms with van der Waals surface area (Å²) in [6.45, 7) is 2.11. The standard InChI is InChI=1S/C22H25FN4O4S/c1-2-20-26-22(31-27-20)11-5-10-21(28)24-14-17-7-4-9-19(13-17)32(29,30)25-15-16-6-3-8-18(23)12-16/h3-4,6-9,12-13,25H,2,5,10-11,14-15H2,1H3,(H,24,28). The first-order chi connectivity index (χ1) is 15.4. The molecule has 170 valence electrons. The van der Waals surface area contributed by atoms with Gasteiger partial charge in [-0.2, -0.15) is 4.98 Å². The Morgan fingerprint density at radius 2 is 1.84 bits per heavy atom. The number of aromatic nitrogens is 2. The van der Waals surface area contributed by atoms with Crippen LogP contribution < -0.4 is 10.0 Å². The number of nitrogens with zero attached hydrogens (tertiary/aromatic N) is 2. The van der Waals surface area contributed by atoms with E-state index >= 15 is 0 Å². The molecule has 32 heavy (non-hydrogen) atoms. The number of carbonyl (C=O) groups excluding carboxylic acids is 1. The first kappa shape index (κ1) is 23.6. The first-order valence-electron chi connectivity index (χ1n) is 10.3. The Morgan fingerprint density at radius 1 is 1.09 bits per heavy atom. The van der Waals surface area contributed by atoms with Crippen LogP contribution in [-0.2, 0) is 40.7 Å². The summed E-state index contributed by atoms with van der Waals surface area (Å²) in [5, 5.41) is 6.59. The van der Waals surface area contributed by atoms with Crippen LogP contribution >= 0.6 is 0 Å². The van der Waals surface area contributed by atoms with Gasteiger partial charge in [-0.25, -0.2) is 17.5 Å². The van der Waals surface area contributed by atoms with E-state index in [0.29, 0.717) is 42.1 Å². The van der Waals surface area contributed by atoms with Crippen molar-refractivity contribution in [2.75, 3.05) is 0 Å². The summed E-state index contributed by atoms with van der Waals surface area (Å²) in [7, 11) is -3.79. The highest BCUT2D eigenvalue weighted by Gasteiger charge is 2.15. The molecule has 1 heterocycles.